The molecule has 0 saturated heterocycles. The second-order valence-corrected chi connectivity index (χ2v) is 6.66. The Labute approximate surface area is 137 Å². The number of hydrogen-bond donors (Lipinski definition) is 2. The molecule has 0 spiro atoms. The Hall–Kier alpha value is -1.85. The lowest BCUT2D eigenvalue weighted by Gasteiger charge is -2.10. The summed E-state index contributed by atoms with van der Waals surface area (Å²) in [4.78, 5) is 12.4. The highest BCUT2D eigenvalue weighted by Gasteiger charge is 2.11. The normalized spacial score (nSPS) is 11.8. The Bertz CT molecular complexity index is 706. The van der Waals surface area contributed by atoms with Crippen molar-refractivity contribution in [3.63, 3.8) is 0 Å². The largest absolute Gasteiger partial charge is 0.331 e. The van der Waals surface area contributed by atoms with Crippen LogP contribution in [-0.4, -0.2) is 10.2 Å². The van der Waals surface area contributed by atoms with Gasteiger partial charge in [-0.25, -0.2) is 9.00 Å². The van der Waals surface area contributed by atoms with Crippen molar-refractivity contribution in [3.05, 3.63) is 58.1 Å². The molecule has 116 valence electrons. The molecule has 2 rings (SSSR count). The van der Waals surface area contributed by atoms with Gasteiger partial charge in [-0.05, 0) is 73.9 Å². The van der Waals surface area contributed by atoms with E-state index in [1.165, 1.54) is 0 Å². The lowest BCUT2D eigenvalue weighted by molar-refractivity contribution is 0.257. The van der Waals surface area contributed by atoms with Crippen molar-refractivity contribution < 1.29 is 9.00 Å². The molecule has 2 aromatic carbocycles. The summed E-state index contributed by atoms with van der Waals surface area (Å²) in [6, 6.07) is 9.79. The van der Waals surface area contributed by atoms with Gasteiger partial charge in [0.05, 0.1) is 4.90 Å². The number of hydrogen-bond acceptors (Lipinski definition) is 2. The number of halogens is 1. The van der Waals surface area contributed by atoms with Crippen LogP contribution in [0.3, 0.4) is 0 Å². The predicted octanol–water partition coefficient (Wildman–Crippen LogP) is 4.11. The molecular weight excluding hydrogens is 320 g/mol. The number of aryl methyl sites for hydroxylation is 2. The van der Waals surface area contributed by atoms with Gasteiger partial charge in [0.2, 0.25) is 0 Å². The fourth-order valence-electron chi connectivity index (χ4n) is 1.94. The highest BCUT2D eigenvalue weighted by Crippen LogP contribution is 2.17. The van der Waals surface area contributed by atoms with Gasteiger partial charge in [-0.3, -0.25) is 4.72 Å². The van der Waals surface area contributed by atoms with Crippen molar-refractivity contribution in [1.82, 2.24) is 4.72 Å². The van der Waals surface area contributed by atoms with Gasteiger partial charge < -0.3 is 5.32 Å². The highest BCUT2D eigenvalue weighted by molar-refractivity contribution is 7.83. The van der Waals surface area contributed by atoms with E-state index in [-0.39, 0.29) is 0 Å². The van der Waals surface area contributed by atoms with Crippen molar-refractivity contribution in [1.29, 1.82) is 0 Å². The summed E-state index contributed by atoms with van der Waals surface area (Å²) in [6.45, 7) is 5.92. The van der Waals surface area contributed by atoms with E-state index in [2.05, 4.69) is 10.0 Å². The minimum Gasteiger partial charge on any atom is -0.307 e. The highest BCUT2D eigenvalue weighted by atomic mass is 35.5. The fourth-order valence-corrected chi connectivity index (χ4v) is 2.97. The molecule has 2 aromatic rings. The van der Waals surface area contributed by atoms with Crippen LogP contribution in [0.1, 0.15) is 16.7 Å². The molecule has 2 N–H and O–H groups in total. The summed E-state index contributed by atoms with van der Waals surface area (Å²) in [5, 5.41) is 3.19. The maximum atomic E-state index is 12.2. The number of anilines is 1. The molecule has 1 atom stereocenters. The minimum absolute atomic E-state index is 0.531. The first kappa shape index (κ1) is 16.5. The van der Waals surface area contributed by atoms with E-state index in [1.807, 2.05) is 32.9 Å². The smallest absolute Gasteiger partial charge is 0.307 e. The zero-order chi connectivity index (χ0) is 16.3. The van der Waals surface area contributed by atoms with E-state index in [0.717, 1.165) is 16.7 Å². The molecule has 6 heteroatoms. The van der Waals surface area contributed by atoms with Gasteiger partial charge in [0.1, 0.15) is 0 Å². The zero-order valence-electron chi connectivity index (χ0n) is 12.6. The molecule has 22 heavy (non-hydrogen) atoms. The molecule has 0 aliphatic rings. The molecule has 2 amide bonds. The maximum absolute atomic E-state index is 12.2. The number of carbonyl (C=O) groups excluding carboxylic acids is 1. The molecule has 0 aliphatic heterocycles. The van der Waals surface area contributed by atoms with E-state index in [9.17, 15) is 9.00 Å². The first-order valence-corrected chi connectivity index (χ1v) is 8.22. The molecule has 0 radical (unpaired) electrons. The standard InChI is InChI=1S/C16H17ClN2O2S/c1-10-8-15(9-11(2)12(10)3)22(21)19-16(20)18-14-6-4-13(17)5-7-14/h4-9H,1-3H3,(H2,18,19,20). The van der Waals surface area contributed by atoms with Gasteiger partial charge in [0, 0.05) is 10.7 Å². The Kier molecular flexibility index (Phi) is 5.21. The third-order valence-electron chi connectivity index (χ3n) is 3.40. The van der Waals surface area contributed by atoms with Gasteiger partial charge in [-0.15, -0.1) is 0 Å². The minimum atomic E-state index is -1.61. The Morgan fingerprint density at radius 2 is 1.59 bits per heavy atom. The van der Waals surface area contributed by atoms with Crippen molar-refractivity contribution in [2.75, 3.05) is 5.32 Å². The molecule has 0 bridgehead atoms. The van der Waals surface area contributed by atoms with Crippen molar-refractivity contribution in [3.8, 4) is 0 Å². The molecule has 0 fully saturated rings. The molecular formula is C16H17ClN2O2S. The Balaban J connectivity index is 2.05. The lowest BCUT2D eigenvalue weighted by atomic mass is 10.1. The molecule has 0 aliphatic carbocycles. The van der Waals surface area contributed by atoms with Crippen LogP contribution in [0.2, 0.25) is 5.02 Å². The summed E-state index contributed by atoms with van der Waals surface area (Å²) in [5.74, 6) is 0. The SMILES string of the molecule is Cc1cc(S(=O)NC(=O)Nc2ccc(Cl)cc2)cc(C)c1C. The van der Waals surface area contributed by atoms with Crippen LogP contribution in [0.15, 0.2) is 41.3 Å². The molecule has 0 saturated carbocycles. The van der Waals surface area contributed by atoms with Crippen molar-refractivity contribution in [2.24, 2.45) is 0 Å². The summed E-state index contributed by atoms with van der Waals surface area (Å²) in [7, 11) is -1.61. The van der Waals surface area contributed by atoms with Crippen LogP contribution in [0, 0.1) is 20.8 Å². The Morgan fingerprint density at radius 1 is 1.05 bits per heavy atom. The van der Waals surface area contributed by atoms with Crippen LogP contribution in [0.5, 0.6) is 0 Å². The first-order chi connectivity index (χ1) is 10.4. The summed E-state index contributed by atoms with van der Waals surface area (Å²) in [6.07, 6.45) is 0. The average Bonchev–Trinajstić information content (AvgIpc) is 2.46. The van der Waals surface area contributed by atoms with E-state index in [1.54, 1.807) is 24.3 Å². The van der Waals surface area contributed by atoms with Gasteiger partial charge >= 0.3 is 6.03 Å². The summed E-state index contributed by atoms with van der Waals surface area (Å²) >= 11 is 5.78. The van der Waals surface area contributed by atoms with Gasteiger partial charge in [-0.2, -0.15) is 0 Å². The van der Waals surface area contributed by atoms with Crippen molar-refractivity contribution in [2.45, 2.75) is 25.7 Å². The molecule has 0 heterocycles. The van der Waals surface area contributed by atoms with E-state index in [4.69, 9.17) is 11.6 Å². The second-order valence-electron chi connectivity index (χ2n) is 5.01. The van der Waals surface area contributed by atoms with Gasteiger partial charge in [0.15, 0.2) is 11.0 Å². The third-order valence-corrected chi connectivity index (χ3v) is 4.69. The monoisotopic (exact) mass is 336 g/mol. The van der Waals surface area contributed by atoms with E-state index in [0.29, 0.717) is 15.6 Å². The third kappa shape index (κ3) is 4.08. The van der Waals surface area contributed by atoms with Crippen LogP contribution in [-0.2, 0) is 11.0 Å². The van der Waals surface area contributed by atoms with Crippen LogP contribution < -0.4 is 10.0 Å². The fraction of sp³-hybridized carbons (Fsp3) is 0.188. The van der Waals surface area contributed by atoms with E-state index >= 15 is 0 Å². The lowest BCUT2D eigenvalue weighted by Crippen LogP contribution is -2.30. The van der Waals surface area contributed by atoms with Gasteiger partial charge in [-0.1, -0.05) is 11.6 Å². The van der Waals surface area contributed by atoms with Crippen LogP contribution >= 0.6 is 11.6 Å². The zero-order valence-corrected chi connectivity index (χ0v) is 14.1. The number of benzene rings is 2. The molecule has 1 unspecified atom stereocenters. The summed E-state index contributed by atoms with van der Waals surface area (Å²) < 4.78 is 14.7. The number of rotatable bonds is 3. The number of carbonyl (C=O) groups is 1. The first-order valence-electron chi connectivity index (χ1n) is 6.69. The predicted molar refractivity (Wildman–Crippen MR) is 90.7 cm³/mol. The second kappa shape index (κ2) is 6.94. The quantitative estimate of drug-likeness (QED) is 0.886. The maximum Gasteiger partial charge on any atom is 0.331 e. The van der Waals surface area contributed by atoms with Crippen LogP contribution in [0.4, 0.5) is 10.5 Å². The number of amides is 2. The van der Waals surface area contributed by atoms with Crippen molar-refractivity contribution >= 4 is 34.3 Å². The molecule has 0 aromatic heterocycles. The topological polar surface area (TPSA) is 58.2 Å². The Morgan fingerprint density at radius 3 is 2.14 bits per heavy atom. The summed E-state index contributed by atoms with van der Waals surface area (Å²) in [5.41, 5.74) is 3.83. The van der Waals surface area contributed by atoms with E-state index < -0.39 is 17.0 Å². The number of urea groups is 1. The average molecular weight is 337 g/mol. The van der Waals surface area contributed by atoms with Gasteiger partial charge in [0.25, 0.3) is 0 Å². The van der Waals surface area contributed by atoms with Crippen LogP contribution in [0.25, 0.3) is 0 Å². The number of nitrogens with one attached hydrogen (secondary N) is 2. The molecule has 4 nitrogen and oxygen atoms in total.